The number of carboxylic acid groups (broad SMARTS) is 4. The minimum Gasteiger partial charge on any atom is -0.490 e. The van der Waals surface area contributed by atoms with E-state index in [-0.39, 0.29) is 0 Å². The number of H-pyrrole nitrogens is 2. The summed E-state index contributed by atoms with van der Waals surface area (Å²) < 4.78 is 14.7. The van der Waals surface area contributed by atoms with Gasteiger partial charge in [0.2, 0.25) is 0 Å². The first-order chi connectivity index (χ1) is 35.4. The van der Waals surface area contributed by atoms with Crippen molar-refractivity contribution in [2.75, 3.05) is 39.4 Å². The second-order valence-electron chi connectivity index (χ2n) is 18.9. The highest BCUT2D eigenvalue weighted by Gasteiger charge is 2.30. The molecule has 0 radical (unpaired) electrons. The Kier molecular flexibility index (Phi) is 18.9. The SMILES string of the molecule is Cc1cccc2sc([C@@H]3CCN(C[C@H](O)COc4cccc5[nH]ccc45)[C@H](C)C3)cc12.Cc1cccc2sc([C@H]3CCN(C[C@H](O)COc4cccc5[nH]ccc45)[C@@H](C)C3)cc12.O=C(O)C(=O)O.O=C(O)C(=O)O. The number of hydrogen-bond donors (Lipinski definition) is 8. The zero-order valence-corrected chi connectivity index (χ0v) is 43.4. The largest absolute Gasteiger partial charge is 0.490 e. The Morgan fingerprint density at radius 3 is 1.30 bits per heavy atom. The number of aliphatic carboxylic acids is 4. The highest BCUT2D eigenvalue weighted by Crippen LogP contribution is 2.41. The molecule has 6 heterocycles. The quantitative estimate of drug-likeness (QED) is 0.0531. The second kappa shape index (κ2) is 25.4. The number of ether oxygens (including phenoxy) is 2. The number of thiophene rings is 2. The number of rotatable bonds is 12. The first kappa shape index (κ1) is 55.0. The third kappa shape index (κ3) is 14.3. The Morgan fingerprint density at radius 2 is 0.946 bits per heavy atom. The van der Waals surface area contributed by atoms with Crippen molar-refractivity contribution in [3.63, 3.8) is 0 Å². The lowest BCUT2D eigenvalue weighted by Crippen LogP contribution is -2.45. The van der Waals surface area contributed by atoms with Gasteiger partial charge in [-0.2, -0.15) is 0 Å². The second-order valence-corrected chi connectivity index (χ2v) is 21.2. The number of aromatic amines is 2. The Hall–Kier alpha value is -6.80. The molecule has 2 fully saturated rings. The normalized spacial score (nSPS) is 18.8. The van der Waals surface area contributed by atoms with Crippen LogP contribution in [0.5, 0.6) is 11.5 Å². The van der Waals surface area contributed by atoms with Crippen LogP contribution in [-0.4, -0.2) is 138 Å². The van der Waals surface area contributed by atoms with E-state index in [1.165, 1.54) is 41.1 Å². The number of fused-ring (bicyclic) bond motifs is 4. The summed E-state index contributed by atoms with van der Waals surface area (Å²) in [5.41, 5.74) is 4.84. The maximum Gasteiger partial charge on any atom is 0.414 e. The van der Waals surface area contributed by atoms with Gasteiger partial charge >= 0.3 is 23.9 Å². The molecule has 0 amide bonds. The van der Waals surface area contributed by atoms with Crippen LogP contribution in [0.1, 0.15) is 72.2 Å². The van der Waals surface area contributed by atoms with Gasteiger partial charge in [-0.1, -0.05) is 36.4 Å². The fourth-order valence-electron chi connectivity index (χ4n) is 9.74. The molecule has 16 nitrogen and oxygen atoms in total. The number of nitrogens with zero attached hydrogens (tertiary/aromatic N) is 2. The van der Waals surface area contributed by atoms with Gasteiger partial charge in [-0.25, -0.2) is 19.2 Å². The fraction of sp³-hybridized carbons (Fsp3) is 0.357. The van der Waals surface area contributed by atoms with E-state index in [0.717, 1.165) is 72.1 Å². The third-order valence-corrected chi connectivity index (χ3v) is 16.2. The lowest BCUT2D eigenvalue weighted by molar-refractivity contribution is -0.159. The lowest BCUT2D eigenvalue weighted by atomic mass is 9.90. The molecule has 0 spiro atoms. The van der Waals surface area contributed by atoms with Gasteiger partial charge in [-0.05, 0) is 161 Å². The number of nitrogens with one attached hydrogen (secondary N) is 2. The molecule has 0 bridgehead atoms. The van der Waals surface area contributed by atoms with E-state index in [2.05, 4.69) is 96.0 Å². The summed E-state index contributed by atoms with van der Waals surface area (Å²) in [7, 11) is 0. The molecule has 8 N–H and O–H groups in total. The van der Waals surface area contributed by atoms with Crippen LogP contribution >= 0.6 is 22.7 Å². The van der Waals surface area contributed by atoms with Crippen molar-refractivity contribution in [3.05, 3.63) is 130 Å². The Labute approximate surface area is 436 Å². The molecule has 2 aliphatic rings. The molecule has 74 heavy (non-hydrogen) atoms. The summed E-state index contributed by atoms with van der Waals surface area (Å²) in [6.45, 7) is 12.9. The molecule has 4 aromatic carbocycles. The van der Waals surface area contributed by atoms with Crippen LogP contribution in [0.25, 0.3) is 42.0 Å². The van der Waals surface area contributed by atoms with Gasteiger partial charge in [0.15, 0.2) is 0 Å². The Morgan fingerprint density at radius 1 is 0.568 bits per heavy atom. The predicted molar refractivity (Wildman–Crippen MR) is 289 cm³/mol. The zero-order chi connectivity index (χ0) is 53.1. The van der Waals surface area contributed by atoms with Crippen molar-refractivity contribution >= 4 is 88.5 Å². The van der Waals surface area contributed by atoms with Gasteiger partial charge in [0.1, 0.15) is 36.9 Å². The standard InChI is InChI=1S/2C26H30N2O2S.2C2H2O4/c2*1-17-5-3-8-25-22(17)14-26(31-25)19-10-12-28(18(2)13-19)15-20(29)16-30-24-7-4-6-23-21(24)9-11-27-23;2*3-1(4)2(5)6/h2*3-9,11,14,18-20,27,29H,10,12-13,15-16H2,1-2H3;2*(H,3,4)(H,5,6)/t18-,19-,20+;18-,19-,20-;;/m10../s1. The minimum absolute atomic E-state index is 0.312. The van der Waals surface area contributed by atoms with Crippen LogP contribution in [0, 0.1) is 13.8 Å². The van der Waals surface area contributed by atoms with E-state index < -0.39 is 36.1 Å². The van der Waals surface area contributed by atoms with Crippen LogP contribution in [0.4, 0.5) is 0 Å². The first-order valence-electron chi connectivity index (χ1n) is 24.6. The summed E-state index contributed by atoms with van der Waals surface area (Å²) in [5, 5.41) is 55.8. The number of benzene rings is 4. The topological polar surface area (TPSA) is 246 Å². The predicted octanol–water partition coefficient (Wildman–Crippen LogP) is 9.71. The van der Waals surface area contributed by atoms with E-state index in [4.69, 9.17) is 49.1 Å². The molecule has 392 valence electrons. The van der Waals surface area contributed by atoms with Crippen LogP contribution < -0.4 is 9.47 Å². The number of β-amino-alcohol motifs (C(OH)–C–C–N with tert-alkyl or cyclic N) is 2. The highest BCUT2D eigenvalue weighted by molar-refractivity contribution is 7.19. The summed E-state index contributed by atoms with van der Waals surface area (Å²) in [6.07, 6.45) is 7.40. The van der Waals surface area contributed by atoms with Crippen molar-refractivity contribution in [2.45, 2.75) is 89.5 Å². The van der Waals surface area contributed by atoms with Gasteiger partial charge < -0.3 is 50.1 Å². The number of likely N-dealkylation sites (tertiary alicyclic amines) is 2. The number of carboxylic acids is 4. The number of piperidine rings is 2. The maximum atomic E-state index is 10.6. The maximum absolute atomic E-state index is 10.6. The van der Waals surface area contributed by atoms with E-state index in [9.17, 15) is 10.2 Å². The molecule has 4 aromatic heterocycles. The van der Waals surface area contributed by atoms with Crippen LogP contribution in [0.3, 0.4) is 0 Å². The molecule has 6 atom stereocenters. The molecule has 18 heteroatoms. The minimum atomic E-state index is -1.82. The van der Waals surface area contributed by atoms with Crippen LogP contribution in [0.2, 0.25) is 0 Å². The summed E-state index contributed by atoms with van der Waals surface area (Å²) in [4.78, 5) is 50.7. The Bertz CT molecular complexity index is 2950. The molecular weight excluding hydrogens is 985 g/mol. The fourth-order valence-corrected chi connectivity index (χ4v) is 12.3. The first-order valence-corrected chi connectivity index (χ1v) is 26.2. The summed E-state index contributed by atoms with van der Waals surface area (Å²) >= 11 is 3.90. The molecule has 10 rings (SSSR count). The van der Waals surface area contributed by atoms with Crippen molar-refractivity contribution in [2.24, 2.45) is 0 Å². The molecule has 2 saturated heterocycles. The molecule has 2 aliphatic heterocycles. The third-order valence-electron chi connectivity index (χ3n) is 13.7. The van der Waals surface area contributed by atoms with E-state index in [0.29, 0.717) is 50.2 Å². The van der Waals surface area contributed by atoms with Crippen molar-refractivity contribution in [1.82, 2.24) is 19.8 Å². The molecule has 0 saturated carbocycles. The van der Waals surface area contributed by atoms with Gasteiger partial charge in [-0.3, -0.25) is 9.80 Å². The highest BCUT2D eigenvalue weighted by atomic mass is 32.1. The van der Waals surface area contributed by atoms with E-state index in [1.807, 2.05) is 83.6 Å². The molecule has 0 unspecified atom stereocenters. The number of aryl methyl sites for hydroxylation is 2. The van der Waals surface area contributed by atoms with Gasteiger partial charge in [-0.15, -0.1) is 22.7 Å². The Balaban J connectivity index is 0.000000177. The number of aliphatic hydroxyl groups excluding tert-OH is 2. The lowest BCUT2D eigenvalue weighted by Gasteiger charge is -2.38. The van der Waals surface area contributed by atoms with Crippen molar-refractivity contribution in [1.29, 1.82) is 0 Å². The van der Waals surface area contributed by atoms with E-state index in [1.54, 1.807) is 0 Å². The van der Waals surface area contributed by atoms with Gasteiger partial charge in [0.05, 0.1) is 0 Å². The summed E-state index contributed by atoms with van der Waals surface area (Å²) in [5.74, 6) is -4.42. The van der Waals surface area contributed by atoms with E-state index >= 15 is 0 Å². The average molecular weight is 1050 g/mol. The molecule has 0 aliphatic carbocycles. The molecular formula is C56H64N4O12S2. The summed E-state index contributed by atoms with van der Waals surface area (Å²) in [6, 6.07) is 34.9. The number of hydrogen-bond acceptors (Lipinski definition) is 12. The van der Waals surface area contributed by atoms with Crippen molar-refractivity contribution in [3.8, 4) is 11.5 Å². The van der Waals surface area contributed by atoms with Gasteiger partial charge in [0.25, 0.3) is 0 Å². The number of carbonyl (C=O) groups is 4. The number of aliphatic hydroxyl groups is 2. The van der Waals surface area contributed by atoms with Crippen LogP contribution in [0.15, 0.2) is 109 Å². The average Bonchev–Trinajstić information content (AvgIpc) is 4.22. The zero-order valence-electron chi connectivity index (χ0n) is 41.8. The van der Waals surface area contributed by atoms with Crippen molar-refractivity contribution < 1.29 is 59.3 Å². The van der Waals surface area contributed by atoms with Crippen LogP contribution in [-0.2, 0) is 19.2 Å². The smallest absolute Gasteiger partial charge is 0.414 e. The number of aromatic nitrogens is 2. The molecule has 8 aromatic rings. The monoisotopic (exact) mass is 1050 g/mol. The van der Waals surface area contributed by atoms with Gasteiger partial charge in [0, 0.05) is 78.5 Å².